The average Bonchev–Trinajstić information content (AvgIpc) is 2.44. The Labute approximate surface area is 201 Å². The topological polar surface area (TPSA) is 124 Å². The molecule has 0 N–H and O–H groups in total. The molecule has 1 unspecified atom stereocenters. The summed E-state index contributed by atoms with van der Waals surface area (Å²) >= 11 is 0. The van der Waals surface area contributed by atoms with Crippen molar-refractivity contribution in [2.45, 2.75) is 76.9 Å². The first-order valence-electron chi connectivity index (χ1n) is 8.45. The minimum Gasteiger partial charge on any atom is -0.747 e. The summed E-state index contributed by atoms with van der Waals surface area (Å²) in [6.07, 6.45) is 7.12. The molecular formula is C16H28Na2O7S. The van der Waals surface area contributed by atoms with E-state index >= 15 is 0 Å². The number of rotatable bonds is 14. The summed E-state index contributed by atoms with van der Waals surface area (Å²) in [5.74, 6) is -2.37. The molecule has 0 aliphatic rings. The smallest absolute Gasteiger partial charge is 0.747 e. The Morgan fingerprint density at radius 1 is 0.923 bits per heavy atom. The van der Waals surface area contributed by atoms with Crippen molar-refractivity contribution in [3.63, 3.8) is 0 Å². The molecule has 0 aromatic carbocycles. The minimum atomic E-state index is -5.07. The van der Waals surface area contributed by atoms with E-state index in [9.17, 15) is 27.7 Å². The van der Waals surface area contributed by atoms with Crippen LogP contribution in [-0.2, 0) is 24.4 Å². The second kappa shape index (κ2) is 17.9. The molecule has 26 heavy (non-hydrogen) atoms. The Hall–Kier alpha value is 0.850. The summed E-state index contributed by atoms with van der Waals surface area (Å²) in [7, 11) is -5.07. The van der Waals surface area contributed by atoms with E-state index in [1.54, 1.807) is 0 Å². The zero-order valence-corrected chi connectivity index (χ0v) is 21.3. The van der Waals surface area contributed by atoms with Crippen LogP contribution < -0.4 is 64.2 Å². The van der Waals surface area contributed by atoms with Gasteiger partial charge in [-0.15, -0.1) is 0 Å². The summed E-state index contributed by atoms with van der Waals surface area (Å²) < 4.78 is 37.3. The molecule has 0 radical (unpaired) electrons. The fourth-order valence-electron chi connectivity index (χ4n) is 2.26. The summed E-state index contributed by atoms with van der Waals surface area (Å²) in [5, 5.41) is 8.17. The van der Waals surface area contributed by atoms with Crippen LogP contribution in [0.5, 0.6) is 0 Å². The predicted octanol–water partition coefficient (Wildman–Crippen LogP) is -4.63. The van der Waals surface area contributed by atoms with E-state index in [0.717, 1.165) is 31.6 Å². The third-order valence-electron chi connectivity index (χ3n) is 3.63. The van der Waals surface area contributed by atoms with E-state index < -0.39 is 33.7 Å². The molecule has 0 fully saturated rings. The first-order chi connectivity index (χ1) is 11.1. The van der Waals surface area contributed by atoms with Gasteiger partial charge < -0.3 is 19.2 Å². The average molecular weight is 410 g/mol. The number of carboxylic acids is 1. The van der Waals surface area contributed by atoms with E-state index in [1.165, 1.54) is 19.3 Å². The first-order valence-corrected chi connectivity index (χ1v) is 9.93. The second-order valence-electron chi connectivity index (χ2n) is 6.38. The molecule has 142 valence electrons. The summed E-state index contributed by atoms with van der Waals surface area (Å²) in [6, 6.07) is 0. The van der Waals surface area contributed by atoms with Crippen molar-refractivity contribution in [2.24, 2.45) is 5.92 Å². The molecule has 0 rings (SSSR count). The van der Waals surface area contributed by atoms with Crippen LogP contribution in [0.1, 0.15) is 71.6 Å². The monoisotopic (exact) mass is 410 g/mol. The van der Waals surface area contributed by atoms with Gasteiger partial charge in [-0.05, 0) is 12.3 Å². The summed E-state index contributed by atoms with van der Waals surface area (Å²) in [6.45, 7) is 4.39. The maximum absolute atomic E-state index is 11.5. The van der Waals surface area contributed by atoms with E-state index in [2.05, 4.69) is 13.8 Å². The maximum Gasteiger partial charge on any atom is 1.00 e. The molecule has 0 amide bonds. The Kier molecular flexibility index (Phi) is 21.7. The Morgan fingerprint density at radius 2 is 1.38 bits per heavy atom. The summed E-state index contributed by atoms with van der Waals surface area (Å²) in [5.41, 5.74) is 0. The van der Waals surface area contributed by atoms with Crippen molar-refractivity contribution in [3.8, 4) is 0 Å². The summed E-state index contributed by atoms with van der Waals surface area (Å²) in [4.78, 5) is 21.9. The van der Waals surface area contributed by atoms with E-state index in [0.29, 0.717) is 6.42 Å². The molecule has 0 bridgehead atoms. The van der Waals surface area contributed by atoms with Gasteiger partial charge in [0, 0.05) is 12.4 Å². The van der Waals surface area contributed by atoms with Gasteiger partial charge >= 0.3 is 65.1 Å². The molecular weight excluding hydrogens is 382 g/mol. The van der Waals surface area contributed by atoms with Crippen molar-refractivity contribution < 1.29 is 91.5 Å². The number of hydrogen-bond donors (Lipinski definition) is 0. The van der Waals surface area contributed by atoms with Crippen LogP contribution in [0.15, 0.2) is 0 Å². The molecule has 0 aromatic heterocycles. The van der Waals surface area contributed by atoms with Crippen molar-refractivity contribution in [1.82, 2.24) is 0 Å². The standard InChI is InChI=1S/C16H30O7S.2Na/c1-13(2)10-8-6-4-3-5-7-9-11-23-16(19)14(12-15(17)18)24(20,21)22;;/h13-14H,3-12H2,1-2H3,(H,17,18)(H,20,21,22);;/q;2*+1/p-2. The third kappa shape index (κ3) is 18.2. The van der Waals surface area contributed by atoms with Gasteiger partial charge in [0.05, 0.1) is 6.61 Å². The van der Waals surface area contributed by atoms with Crippen LogP contribution in [0.3, 0.4) is 0 Å². The quantitative estimate of drug-likeness (QED) is 0.122. The number of hydrogen-bond acceptors (Lipinski definition) is 7. The van der Waals surface area contributed by atoms with Gasteiger partial charge in [-0.2, -0.15) is 0 Å². The molecule has 0 heterocycles. The second-order valence-corrected chi connectivity index (χ2v) is 7.94. The zero-order chi connectivity index (χ0) is 18.6. The van der Waals surface area contributed by atoms with Gasteiger partial charge in [0.1, 0.15) is 10.1 Å². The van der Waals surface area contributed by atoms with Crippen LogP contribution in [0.2, 0.25) is 0 Å². The van der Waals surface area contributed by atoms with E-state index in [-0.39, 0.29) is 65.7 Å². The molecule has 0 saturated carbocycles. The van der Waals surface area contributed by atoms with Crippen molar-refractivity contribution in [1.29, 1.82) is 0 Å². The van der Waals surface area contributed by atoms with E-state index in [4.69, 9.17) is 4.74 Å². The maximum atomic E-state index is 11.5. The number of carbonyl (C=O) groups excluding carboxylic acids is 2. The van der Waals surface area contributed by atoms with Crippen LogP contribution in [0, 0.1) is 5.92 Å². The largest absolute Gasteiger partial charge is 1.00 e. The molecule has 1 atom stereocenters. The Morgan fingerprint density at radius 3 is 1.81 bits per heavy atom. The van der Waals surface area contributed by atoms with Gasteiger partial charge in [0.15, 0.2) is 5.25 Å². The number of carboxylic acid groups (broad SMARTS) is 1. The molecule has 7 nitrogen and oxygen atoms in total. The Bertz CT molecular complexity index is 481. The van der Waals surface area contributed by atoms with Gasteiger partial charge in [-0.25, -0.2) is 8.42 Å². The SMILES string of the molecule is CC(C)CCCCCCCCCOC(=O)C(CC(=O)[O-])S(=O)(=O)[O-].[Na+].[Na+]. The number of ether oxygens (including phenoxy) is 1. The number of aliphatic carboxylic acids is 1. The van der Waals surface area contributed by atoms with E-state index in [1.807, 2.05) is 0 Å². The molecule has 0 aromatic rings. The van der Waals surface area contributed by atoms with Gasteiger partial charge in [-0.3, -0.25) is 4.79 Å². The Balaban J connectivity index is -0.00000264. The normalized spacial score (nSPS) is 12.0. The molecule has 0 aliphatic carbocycles. The van der Waals surface area contributed by atoms with Crippen LogP contribution in [0.25, 0.3) is 0 Å². The molecule has 0 aliphatic heterocycles. The number of esters is 1. The predicted molar refractivity (Wildman–Crippen MR) is 85.8 cm³/mol. The van der Waals surface area contributed by atoms with Crippen LogP contribution >= 0.6 is 0 Å². The van der Waals surface area contributed by atoms with Gasteiger partial charge in [0.25, 0.3) is 0 Å². The zero-order valence-electron chi connectivity index (χ0n) is 16.5. The molecule has 0 spiro atoms. The molecule has 10 heteroatoms. The molecule has 0 saturated heterocycles. The number of unbranched alkanes of at least 4 members (excludes halogenated alkanes) is 6. The third-order valence-corrected chi connectivity index (χ3v) is 4.69. The van der Waals surface area contributed by atoms with Gasteiger partial charge in [-0.1, -0.05) is 58.8 Å². The van der Waals surface area contributed by atoms with Crippen molar-refractivity contribution in [3.05, 3.63) is 0 Å². The van der Waals surface area contributed by atoms with Gasteiger partial charge in [0.2, 0.25) is 0 Å². The first kappa shape index (κ1) is 31.5. The fourth-order valence-corrected chi connectivity index (χ4v) is 2.90. The van der Waals surface area contributed by atoms with Crippen LogP contribution in [0.4, 0.5) is 0 Å². The van der Waals surface area contributed by atoms with Crippen molar-refractivity contribution in [2.75, 3.05) is 6.61 Å². The van der Waals surface area contributed by atoms with Crippen molar-refractivity contribution >= 4 is 22.1 Å². The number of carbonyl (C=O) groups is 2. The van der Waals surface area contributed by atoms with Crippen LogP contribution in [-0.4, -0.2) is 36.8 Å². The fraction of sp³-hybridized carbons (Fsp3) is 0.875. The minimum absolute atomic E-state index is 0.